The smallest absolute Gasteiger partial charge is 0.0622 e. The molecule has 0 aliphatic carbocycles. The molecule has 0 heteroatoms. The summed E-state index contributed by atoms with van der Waals surface area (Å²) in [5.41, 5.74) is -1.82. The third-order valence-corrected chi connectivity index (χ3v) is 2.38. The number of benzene rings is 3. The van der Waals surface area contributed by atoms with E-state index >= 15 is 0 Å². The first-order valence-electron chi connectivity index (χ1n) is 12.0. The summed E-state index contributed by atoms with van der Waals surface area (Å²) in [7, 11) is 0. The molecule has 3 aromatic rings. The molecule has 0 amide bonds. The van der Waals surface area contributed by atoms with Gasteiger partial charge in [-0.2, -0.15) is 0 Å². The summed E-state index contributed by atoms with van der Waals surface area (Å²) < 4.78 is 106. The van der Waals surface area contributed by atoms with Crippen molar-refractivity contribution >= 4 is 0 Å². The number of rotatable bonds is 2. The van der Waals surface area contributed by atoms with Crippen molar-refractivity contribution in [3.63, 3.8) is 0 Å². The zero-order valence-electron chi connectivity index (χ0n) is 23.0. The molecule has 0 unspecified atom stereocenters. The molecule has 3 rings (SSSR count). The molecular formula is C19H16. The molecule has 0 fully saturated rings. The number of hydrogen-bond acceptors (Lipinski definition) is 0. The van der Waals surface area contributed by atoms with E-state index in [4.69, 9.17) is 17.8 Å². The van der Waals surface area contributed by atoms with Crippen molar-refractivity contribution < 1.29 is 17.8 Å². The van der Waals surface area contributed by atoms with Crippen LogP contribution in [0.15, 0.2) is 78.6 Å². The molecular weight excluding hydrogens is 228 g/mol. The second kappa shape index (κ2) is 5.11. The average Bonchev–Trinajstić information content (AvgIpc) is 2.76. The van der Waals surface area contributed by atoms with Crippen molar-refractivity contribution in [2.24, 2.45) is 0 Å². The van der Waals surface area contributed by atoms with Crippen LogP contribution in [0.5, 0.6) is 0 Å². The molecule has 0 N–H and O–H groups in total. The van der Waals surface area contributed by atoms with Gasteiger partial charge in [0.25, 0.3) is 0 Å². The van der Waals surface area contributed by atoms with Gasteiger partial charge in [0.05, 0.1) is 17.8 Å². The Balaban J connectivity index is 2.50. The summed E-state index contributed by atoms with van der Waals surface area (Å²) in [5.74, 6) is 0. The molecule has 0 nitrogen and oxygen atoms in total. The zero-order valence-corrected chi connectivity index (χ0v) is 10.0. The Morgan fingerprint density at radius 2 is 0.895 bits per heavy atom. The Hall–Kier alpha value is -2.34. The van der Waals surface area contributed by atoms with Gasteiger partial charge in [-0.1, -0.05) is 84.1 Å². The first-order chi connectivity index (χ1) is 14.7. The minimum Gasteiger partial charge on any atom is -0.0622 e. The summed E-state index contributed by atoms with van der Waals surface area (Å²) in [6.45, 7) is 1.39. The molecule has 0 aromatic heterocycles. The fourth-order valence-electron chi connectivity index (χ4n) is 1.44. The standard InChI is InChI=1S/C19H16/c1-15-7-9-17(10-8-15)19-13-11-18(12-14-19)16-5-3-2-4-6-16/h2-14H,1H3/i2D,3D,4D,5D,6D,7D,8D,9D,10D,11D,12D,13D,14D. The van der Waals surface area contributed by atoms with Crippen LogP contribution in [0.2, 0.25) is 0 Å². The highest BCUT2D eigenvalue weighted by Gasteiger charge is 1.99. The highest BCUT2D eigenvalue weighted by Crippen LogP contribution is 2.24. The van der Waals surface area contributed by atoms with Crippen LogP contribution in [0.25, 0.3) is 22.3 Å². The van der Waals surface area contributed by atoms with E-state index < -0.39 is 88.7 Å². The Morgan fingerprint density at radius 1 is 0.526 bits per heavy atom. The molecule has 19 heavy (non-hydrogen) atoms. The van der Waals surface area contributed by atoms with E-state index in [1.54, 1.807) is 0 Å². The van der Waals surface area contributed by atoms with E-state index in [2.05, 4.69) is 0 Å². The summed E-state index contributed by atoms with van der Waals surface area (Å²) in [4.78, 5) is 0. The van der Waals surface area contributed by atoms with Crippen molar-refractivity contribution in [2.45, 2.75) is 6.92 Å². The largest absolute Gasteiger partial charge is 0.0629 e. The second-order valence-corrected chi connectivity index (χ2v) is 3.75. The predicted molar refractivity (Wildman–Crippen MR) is 82.1 cm³/mol. The van der Waals surface area contributed by atoms with Crippen LogP contribution in [0.1, 0.15) is 23.4 Å². The predicted octanol–water partition coefficient (Wildman–Crippen LogP) is 5.33. The van der Waals surface area contributed by atoms with Gasteiger partial charge in [-0.3, -0.25) is 0 Å². The van der Waals surface area contributed by atoms with E-state index in [0.717, 1.165) is 0 Å². The molecule has 0 spiro atoms. The molecule has 92 valence electrons. The SMILES string of the molecule is [2H]c1c([2H])c([2H])c(-c2c([2H])c([2H])c(-c3c([2H])c([2H])c(C)c([2H])c3[2H])c([2H])c2[2H])c([2H])c1[2H]. The average molecular weight is 257 g/mol. The van der Waals surface area contributed by atoms with Gasteiger partial charge in [0.2, 0.25) is 0 Å². The lowest BCUT2D eigenvalue weighted by molar-refractivity contribution is 1.47. The topological polar surface area (TPSA) is 0 Å². The van der Waals surface area contributed by atoms with Gasteiger partial charge in [0.15, 0.2) is 0 Å². The van der Waals surface area contributed by atoms with E-state index in [1.807, 2.05) is 0 Å². The molecule has 0 heterocycles. The van der Waals surface area contributed by atoms with Gasteiger partial charge in [0.1, 0.15) is 0 Å². The summed E-state index contributed by atoms with van der Waals surface area (Å²) in [6, 6.07) is -8.13. The first-order valence-corrected chi connectivity index (χ1v) is 5.50. The minimum absolute atomic E-state index is 0.0646. The van der Waals surface area contributed by atoms with Crippen LogP contribution in [0.3, 0.4) is 0 Å². The third kappa shape index (κ3) is 2.58. The van der Waals surface area contributed by atoms with Crippen LogP contribution in [0, 0.1) is 6.92 Å². The lowest BCUT2D eigenvalue weighted by atomic mass is 10.00. The van der Waals surface area contributed by atoms with Crippen molar-refractivity contribution in [3.05, 3.63) is 84.1 Å². The van der Waals surface area contributed by atoms with Gasteiger partial charge >= 0.3 is 0 Å². The van der Waals surface area contributed by atoms with E-state index in [1.165, 1.54) is 6.92 Å². The van der Waals surface area contributed by atoms with Crippen LogP contribution in [0.4, 0.5) is 0 Å². The molecule has 0 atom stereocenters. The summed E-state index contributed by atoms with van der Waals surface area (Å²) in [6.07, 6.45) is 0. The molecule has 0 radical (unpaired) electrons. The van der Waals surface area contributed by atoms with Crippen LogP contribution >= 0.6 is 0 Å². The molecule has 0 aliphatic rings. The highest BCUT2D eigenvalue weighted by atomic mass is 14.0. The van der Waals surface area contributed by atoms with Gasteiger partial charge in [0, 0.05) is 0 Å². The summed E-state index contributed by atoms with van der Waals surface area (Å²) >= 11 is 0. The van der Waals surface area contributed by atoms with Crippen LogP contribution in [-0.2, 0) is 0 Å². The Kier molecular flexibility index (Phi) is 1.10. The van der Waals surface area contributed by atoms with Gasteiger partial charge in [-0.15, -0.1) is 0 Å². The maximum atomic E-state index is 8.41. The molecule has 0 saturated carbocycles. The van der Waals surface area contributed by atoms with E-state index in [9.17, 15) is 0 Å². The van der Waals surface area contributed by atoms with E-state index in [-0.39, 0.29) is 17.6 Å². The Labute approximate surface area is 132 Å². The monoisotopic (exact) mass is 257 g/mol. The molecule has 0 aliphatic heterocycles. The van der Waals surface area contributed by atoms with Gasteiger partial charge < -0.3 is 0 Å². The Morgan fingerprint density at radius 3 is 1.37 bits per heavy atom. The minimum atomic E-state index is -0.725. The highest BCUT2D eigenvalue weighted by molar-refractivity contribution is 5.70. The zero-order chi connectivity index (χ0) is 24.4. The summed E-state index contributed by atoms with van der Waals surface area (Å²) in [5, 5.41) is 0. The fraction of sp³-hybridized carbons (Fsp3) is 0.0526. The maximum absolute atomic E-state index is 8.41. The lowest BCUT2D eigenvalue weighted by Gasteiger charge is -2.05. The molecule has 0 bridgehead atoms. The van der Waals surface area contributed by atoms with Crippen molar-refractivity contribution in [1.82, 2.24) is 0 Å². The molecule has 0 saturated heterocycles. The fourth-order valence-corrected chi connectivity index (χ4v) is 1.44. The van der Waals surface area contributed by atoms with Gasteiger partial charge in [-0.25, -0.2) is 0 Å². The quantitative estimate of drug-likeness (QED) is 0.582. The number of hydrogen-bond donors (Lipinski definition) is 0. The lowest BCUT2D eigenvalue weighted by Crippen LogP contribution is -1.80. The van der Waals surface area contributed by atoms with Crippen LogP contribution in [-0.4, -0.2) is 0 Å². The molecule has 3 aromatic carbocycles. The van der Waals surface area contributed by atoms with Crippen molar-refractivity contribution in [3.8, 4) is 22.3 Å². The van der Waals surface area contributed by atoms with Crippen LogP contribution < -0.4 is 0 Å². The normalized spacial score (nSPS) is 19.9. The second-order valence-electron chi connectivity index (χ2n) is 3.75. The first kappa shape index (κ1) is 4.08. The van der Waals surface area contributed by atoms with E-state index in [0.29, 0.717) is 0 Å². The van der Waals surface area contributed by atoms with Gasteiger partial charge in [-0.05, 0) is 29.2 Å². The maximum Gasteiger partial charge on any atom is 0.0629 e. The third-order valence-electron chi connectivity index (χ3n) is 2.38. The van der Waals surface area contributed by atoms with Crippen molar-refractivity contribution in [1.29, 1.82) is 0 Å². The Bertz CT molecular complexity index is 1120. The van der Waals surface area contributed by atoms with Crippen molar-refractivity contribution in [2.75, 3.05) is 0 Å².